The average Bonchev–Trinajstić information content (AvgIpc) is 2.28. The van der Waals surface area contributed by atoms with E-state index < -0.39 is 0 Å². The lowest BCUT2D eigenvalue weighted by Crippen LogP contribution is -2.05. The molecule has 88 valence electrons. The summed E-state index contributed by atoms with van der Waals surface area (Å²) in [5, 5.41) is 0. The summed E-state index contributed by atoms with van der Waals surface area (Å²) in [5.41, 5.74) is 2.57. The zero-order chi connectivity index (χ0) is 11.8. The minimum atomic E-state index is -0.108. The number of rotatable bonds is 6. The predicted octanol–water partition coefficient (Wildman–Crippen LogP) is 3.13. The second kappa shape index (κ2) is 7.04. The third kappa shape index (κ3) is 4.47. The van der Waals surface area contributed by atoms with Crippen LogP contribution < -0.4 is 0 Å². The number of esters is 1. The maximum absolute atomic E-state index is 11.2. The smallest absolute Gasteiger partial charge is 0.306 e. The molecule has 0 saturated heterocycles. The zero-order valence-electron chi connectivity index (χ0n) is 10.2. The largest absolute Gasteiger partial charge is 0.466 e. The molecule has 0 radical (unpaired) electrons. The zero-order valence-corrected chi connectivity index (χ0v) is 10.2. The molecule has 0 spiro atoms. The molecule has 0 fully saturated rings. The van der Waals surface area contributed by atoms with Crippen LogP contribution >= 0.6 is 0 Å². The Morgan fingerprint density at radius 1 is 1.19 bits per heavy atom. The Morgan fingerprint density at radius 3 is 2.50 bits per heavy atom. The van der Waals surface area contributed by atoms with Crippen LogP contribution in [0.2, 0.25) is 0 Å². The van der Waals surface area contributed by atoms with Crippen LogP contribution in [0.25, 0.3) is 0 Å². The average molecular weight is 220 g/mol. The Labute approximate surface area is 97.6 Å². The van der Waals surface area contributed by atoms with Crippen molar-refractivity contribution in [3.8, 4) is 0 Å². The first kappa shape index (κ1) is 12.8. The van der Waals surface area contributed by atoms with E-state index >= 15 is 0 Å². The van der Waals surface area contributed by atoms with Gasteiger partial charge in [-0.3, -0.25) is 4.79 Å². The highest BCUT2D eigenvalue weighted by atomic mass is 16.5. The van der Waals surface area contributed by atoms with Gasteiger partial charge < -0.3 is 4.74 Å². The molecule has 16 heavy (non-hydrogen) atoms. The van der Waals surface area contributed by atoms with Crippen LogP contribution in [-0.2, 0) is 22.4 Å². The Bertz CT molecular complexity index is 331. The van der Waals surface area contributed by atoms with E-state index in [1.807, 2.05) is 6.92 Å². The number of carbonyl (C=O) groups is 1. The molecule has 2 nitrogen and oxygen atoms in total. The van der Waals surface area contributed by atoms with Gasteiger partial charge in [0.25, 0.3) is 0 Å². The van der Waals surface area contributed by atoms with E-state index in [0.29, 0.717) is 13.0 Å². The number of benzene rings is 1. The molecule has 1 aromatic rings. The highest BCUT2D eigenvalue weighted by molar-refractivity contribution is 5.69. The molecule has 0 atom stereocenters. The molecule has 0 amide bonds. The van der Waals surface area contributed by atoms with E-state index in [2.05, 4.69) is 31.2 Å². The van der Waals surface area contributed by atoms with Crippen molar-refractivity contribution < 1.29 is 9.53 Å². The Hall–Kier alpha value is -1.31. The Morgan fingerprint density at radius 2 is 1.88 bits per heavy atom. The van der Waals surface area contributed by atoms with E-state index in [-0.39, 0.29) is 5.97 Å². The summed E-state index contributed by atoms with van der Waals surface area (Å²) in [6, 6.07) is 8.45. The quantitative estimate of drug-likeness (QED) is 0.688. The first-order valence-corrected chi connectivity index (χ1v) is 5.99. The molecular formula is C14H20O2. The molecule has 0 unspecified atom stereocenters. The van der Waals surface area contributed by atoms with Gasteiger partial charge in [-0.2, -0.15) is 0 Å². The summed E-state index contributed by atoms with van der Waals surface area (Å²) in [5.74, 6) is -0.108. The second-order valence-electron chi connectivity index (χ2n) is 3.87. The van der Waals surface area contributed by atoms with Crippen LogP contribution in [0.3, 0.4) is 0 Å². The van der Waals surface area contributed by atoms with Crippen molar-refractivity contribution in [2.75, 3.05) is 6.61 Å². The van der Waals surface area contributed by atoms with Gasteiger partial charge in [-0.25, -0.2) is 0 Å². The van der Waals surface area contributed by atoms with Crippen LogP contribution in [0.15, 0.2) is 24.3 Å². The molecule has 1 rings (SSSR count). The summed E-state index contributed by atoms with van der Waals surface area (Å²) < 4.78 is 4.90. The number of carbonyl (C=O) groups excluding carboxylic acids is 1. The molecule has 0 aromatic heterocycles. The van der Waals surface area contributed by atoms with Gasteiger partial charge in [0, 0.05) is 6.42 Å². The van der Waals surface area contributed by atoms with Crippen LogP contribution in [0.1, 0.15) is 37.8 Å². The monoisotopic (exact) mass is 220 g/mol. The van der Waals surface area contributed by atoms with Crippen molar-refractivity contribution in [1.82, 2.24) is 0 Å². The van der Waals surface area contributed by atoms with Gasteiger partial charge in [0.15, 0.2) is 0 Å². The predicted molar refractivity (Wildman–Crippen MR) is 65.4 cm³/mol. The fourth-order valence-electron chi connectivity index (χ4n) is 1.71. The minimum absolute atomic E-state index is 0.108. The van der Waals surface area contributed by atoms with Gasteiger partial charge >= 0.3 is 5.97 Å². The molecular weight excluding hydrogens is 200 g/mol. The Balaban J connectivity index is 2.47. The molecule has 0 heterocycles. The van der Waals surface area contributed by atoms with Crippen LogP contribution in [-0.4, -0.2) is 12.6 Å². The lowest BCUT2D eigenvalue weighted by atomic mass is 10.0. The topological polar surface area (TPSA) is 26.3 Å². The van der Waals surface area contributed by atoms with E-state index in [0.717, 1.165) is 19.3 Å². The number of ether oxygens (including phenoxy) is 1. The third-order valence-electron chi connectivity index (χ3n) is 2.45. The molecule has 0 N–H and O–H groups in total. The molecule has 0 aliphatic carbocycles. The molecule has 0 aliphatic rings. The van der Waals surface area contributed by atoms with Crippen LogP contribution in [0, 0.1) is 0 Å². The van der Waals surface area contributed by atoms with Gasteiger partial charge in [-0.15, -0.1) is 0 Å². The first-order valence-electron chi connectivity index (χ1n) is 5.99. The highest BCUT2D eigenvalue weighted by Crippen LogP contribution is 2.09. The van der Waals surface area contributed by atoms with E-state index in [1.165, 1.54) is 11.1 Å². The standard InChI is InChI=1S/C14H20O2/c1-3-6-12-7-5-8-13(11-12)9-10-14(15)16-4-2/h5,7-8,11H,3-4,6,9-10H2,1-2H3. The molecule has 0 aliphatic heterocycles. The van der Waals surface area contributed by atoms with Crippen molar-refractivity contribution >= 4 is 5.97 Å². The van der Waals surface area contributed by atoms with Crippen molar-refractivity contribution in [3.63, 3.8) is 0 Å². The van der Waals surface area contributed by atoms with Gasteiger partial charge in [-0.05, 0) is 30.9 Å². The maximum atomic E-state index is 11.2. The number of aryl methyl sites for hydroxylation is 2. The van der Waals surface area contributed by atoms with Gasteiger partial charge in [0.2, 0.25) is 0 Å². The number of hydrogen-bond acceptors (Lipinski definition) is 2. The van der Waals surface area contributed by atoms with Crippen molar-refractivity contribution in [2.24, 2.45) is 0 Å². The van der Waals surface area contributed by atoms with Crippen molar-refractivity contribution in [2.45, 2.75) is 39.5 Å². The lowest BCUT2D eigenvalue weighted by Gasteiger charge is -2.04. The van der Waals surface area contributed by atoms with Crippen molar-refractivity contribution in [3.05, 3.63) is 35.4 Å². The molecule has 0 saturated carbocycles. The number of hydrogen-bond donors (Lipinski definition) is 0. The summed E-state index contributed by atoms with van der Waals surface area (Å²) in [7, 11) is 0. The van der Waals surface area contributed by atoms with Crippen LogP contribution in [0.5, 0.6) is 0 Å². The van der Waals surface area contributed by atoms with Gasteiger partial charge in [-0.1, -0.05) is 37.6 Å². The summed E-state index contributed by atoms with van der Waals surface area (Å²) in [6.45, 7) is 4.47. The summed E-state index contributed by atoms with van der Waals surface area (Å²) in [4.78, 5) is 11.2. The minimum Gasteiger partial charge on any atom is -0.466 e. The normalized spacial score (nSPS) is 10.1. The highest BCUT2D eigenvalue weighted by Gasteiger charge is 2.02. The second-order valence-corrected chi connectivity index (χ2v) is 3.87. The van der Waals surface area contributed by atoms with E-state index in [4.69, 9.17) is 4.74 Å². The van der Waals surface area contributed by atoms with Crippen molar-refractivity contribution in [1.29, 1.82) is 0 Å². The lowest BCUT2D eigenvalue weighted by molar-refractivity contribution is -0.143. The molecule has 2 heteroatoms. The summed E-state index contributed by atoms with van der Waals surface area (Å²) >= 11 is 0. The van der Waals surface area contributed by atoms with Gasteiger partial charge in [0.1, 0.15) is 0 Å². The fraction of sp³-hybridized carbons (Fsp3) is 0.500. The fourth-order valence-corrected chi connectivity index (χ4v) is 1.71. The van der Waals surface area contributed by atoms with Gasteiger partial charge in [0.05, 0.1) is 6.61 Å². The van der Waals surface area contributed by atoms with E-state index in [9.17, 15) is 4.79 Å². The SMILES string of the molecule is CCCc1cccc(CCC(=O)OCC)c1. The Kier molecular flexibility index (Phi) is 5.62. The third-order valence-corrected chi connectivity index (χ3v) is 2.45. The molecule has 1 aromatic carbocycles. The first-order chi connectivity index (χ1) is 7.76. The maximum Gasteiger partial charge on any atom is 0.306 e. The van der Waals surface area contributed by atoms with E-state index in [1.54, 1.807) is 0 Å². The summed E-state index contributed by atoms with van der Waals surface area (Å²) in [6.07, 6.45) is 3.51. The molecule has 0 bridgehead atoms. The van der Waals surface area contributed by atoms with Crippen LogP contribution in [0.4, 0.5) is 0 Å².